The van der Waals surface area contributed by atoms with Crippen molar-refractivity contribution in [3.8, 4) is 11.4 Å². The molecule has 2 aromatic heterocycles. The van der Waals surface area contributed by atoms with Crippen molar-refractivity contribution >= 4 is 5.91 Å². The molecule has 0 atom stereocenters. The number of aromatic nitrogens is 4. The lowest BCUT2D eigenvalue weighted by molar-refractivity contribution is 0.0463. The van der Waals surface area contributed by atoms with E-state index in [4.69, 9.17) is 0 Å². The molecule has 0 bridgehead atoms. The average molecular weight is 335 g/mol. The Labute approximate surface area is 146 Å². The van der Waals surface area contributed by atoms with Crippen LogP contribution in [0.5, 0.6) is 0 Å². The average Bonchev–Trinajstić information content (AvgIpc) is 3.17. The van der Waals surface area contributed by atoms with Crippen LogP contribution in [0.2, 0.25) is 0 Å². The summed E-state index contributed by atoms with van der Waals surface area (Å²) >= 11 is 0. The van der Waals surface area contributed by atoms with Crippen molar-refractivity contribution in [1.82, 2.24) is 24.0 Å². The largest absolute Gasteiger partial charge is 0.340 e. The zero-order chi connectivity index (χ0) is 17.4. The van der Waals surface area contributed by atoms with E-state index in [1.165, 1.54) is 0 Å². The lowest BCUT2D eigenvalue weighted by Crippen LogP contribution is -2.51. The molecule has 3 heterocycles. The van der Waals surface area contributed by atoms with E-state index in [9.17, 15) is 4.79 Å². The number of likely N-dealkylation sites (tertiary alicyclic amines) is 1. The number of nitrogens with zero attached hydrogens (tertiary/aromatic N) is 5. The third-order valence-electron chi connectivity index (χ3n) is 4.70. The molecule has 0 aliphatic carbocycles. The lowest BCUT2D eigenvalue weighted by Gasteiger charge is -2.39. The Morgan fingerprint density at radius 3 is 2.64 bits per heavy atom. The number of hydrogen-bond acceptors (Lipinski definition) is 3. The van der Waals surface area contributed by atoms with E-state index in [0.717, 1.165) is 36.7 Å². The maximum Gasteiger partial charge on any atom is 0.274 e. The first kappa shape index (κ1) is 15.6. The van der Waals surface area contributed by atoms with Crippen molar-refractivity contribution in [2.24, 2.45) is 13.0 Å². The standard InChI is InChI=1S/C19H21N5O/c1-14-8-20-18(16-6-4-3-5-7-16)24(14)11-15-9-23(10-15)19(25)17-12-22(2)13-21-17/h3-8,12-13,15H,9-11H2,1-2H3. The second-order valence-corrected chi connectivity index (χ2v) is 6.70. The van der Waals surface area contributed by atoms with Crippen LogP contribution in [0.1, 0.15) is 16.2 Å². The second-order valence-electron chi connectivity index (χ2n) is 6.70. The fourth-order valence-electron chi connectivity index (χ4n) is 3.30. The van der Waals surface area contributed by atoms with Crippen LogP contribution in [0.25, 0.3) is 11.4 Å². The van der Waals surface area contributed by atoms with Gasteiger partial charge in [0.25, 0.3) is 5.91 Å². The molecule has 6 nitrogen and oxygen atoms in total. The minimum atomic E-state index is 0.0162. The van der Waals surface area contributed by atoms with Gasteiger partial charge in [0.05, 0.1) is 6.33 Å². The number of carbonyl (C=O) groups excluding carboxylic acids is 1. The number of benzene rings is 1. The normalized spacial score (nSPS) is 14.6. The number of amides is 1. The molecule has 0 N–H and O–H groups in total. The van der Waals surface area contributed by atoms with Crippen molar-refractivity contribution in [3.05, 3.63) is 60.4 Å². The van der Waals surface area contributed by atoms with Crippen molar-refractivity contribution in [3.63, 3.8) is 0 Å². The monoisotopic (exact) mass is 335 g/mol. The van der Waals surface area contributed by atoms with E-state index in [-0.39, 0.29) is 5.91 Å². The zero-order valence-corrected chi connectivity index (χ0v) is 14.5. The fourth-order valence-corrected chi connectivity index (χ4v) is 3.30. The Morgan fingerprint density at radius 2 is 1.96 bits per heavy atom. The van der Waals surface area contributed by atoms with Crippen LogP contribution < -0.4 is 0 Å². The first-order valence-corrected chi connectivity index (χ1v) is 8.46. The molecule has 6 heteroatoms. The van der Waals surface area contributed by atoms with Gasteiger partial charge < -0.3 is 14.0 Å². The Hall–Kier alpha value is -2.89. The molecular weight excluding hydrogens is 314 g/mol. The lowest BCUT2D eigenvalue weighted by atomic mass is 9.99. The van der Waals surface area contributed by atoms with Crippen molar-refractivity contribution in [2.45, 2.75) is 13.5 Å². The van der Waals surface area contributed by atoms with Crippen LogP contribution in [0.15, 0.2) is 49.1 Å². The smallest absolute Gasteiger partial charge is 0.274 e. The Morgan fingerprint density at radius 1 is 1.20 bits per heavy atom. The van der Waals surface area contributed by atoms with Crippen LogP contribution in [-0.2, 0) is 13.6 Å². The molecule has 4 rings (SSSR count). The SMILES string of the molecule is Cc1cnc(-c2ccccc2)n1CC1CN(C(=O)c2cn(C)cn2)C1. The number of hydrogen-bond donors (Lipinski definition) is 0. The van der Waals surface area contributed by atoms with Crippen LogP contribution in [-0.4, -0.2) is 43.0 Å². The van der Waals surface area contributed by atoms with Gasteiger partial charge in [0, 0.05) is 56.3 Å². The molecule has 1 amide bonds. The minimum absolute atomic E-state index is 0.0162. The second kappa shape index (κ2) is 6.20. The van der Waals surface area contributed by atoms with Crippen LogP contribution in [0, 0.1) is 12.8 Å². The molecule has 1 saturated heterocycles. The quantitative estimate of drug-likeness (QED) is 0.735. The molecule has 3 aromatic rings. The predicted octanol–water partition coefficient (Wildman–Crippen LogP) is 2.36. The van der Waals surface area contributed by atoms with E-state index < -0.39 is 0 Å². The summed E-state index contributed by atoms with van der Waals surface area (Å²) in [5, 5.41) is 0. The van der Waals surface area contributed by atoms with Crippen molar-refractivity contribution in [2.75, 3.05) is 13.1 Å². The molecule has 1 aromatic carbocycles. The summed E-state index contributed by atoms with van der Waals surface area (Å²) in [6.07, 6.45) is 5.34. The molecule has 0 unspecified atom stereocenters. The third kappa shape index (κ3) is 2.95. The van der Waals surface area contributed by atoms with Gasteiger partial charge in [-0.2, -0.15) is 0 Å². The number of rotatable bonds is 4. The summed E-state index contributed by atoms with van der Waals surface area (Å²) in [6, 6.07) is 10.2. The van der Waals surface area contributed by atoms with Gasteiger partial charge in [-0.05, 0) is 6.92 Å². The van der Waals surface area contributed by atoms with Gasteiger partial charge in [0.1, 0.15) is 11.5 Å². The molecule has 1 aliphatic heterocycles. The molecule has 128 valence electrons. The van der Waals surface area contributed by atoms with Gasteiger partial charge in [-0.15, -0.1) is 0 Å². The maximum absolute atomic E-state index is 12.4. The van der Waals surface area contributed by atoms with E-state index in [1.807, 2.05) is 36.3 Å². The highest BCUT2D eigenvalue weighted by atomic mass is 16.2. The first-order valence-electron chi connectivity index (χ1n) is 8.46. The van der Waals surface area contributed by atoms with Gasteiger partial charge in [0.2, 0.25) is 0 Å². The molecule has 1 aliphatic rings. The van der Waals surface area contributed by atoms with E-state index >= 15 is 0 Å². The highest BCUT2D eigenvalue weighted by molar-refractivity contribution is 5.92. The highest BCUT2D eigenvalue weighted by Gasteiger charge is 2.33. The van der Waals surface area contributed by atoms with Crippen molar-refractivity contribution in [1.29, 1.82) is 0 Å². The van der Waals surface area contributed by atoms with Crippen LogP contribution >= 0.6 is 0 Å². The summed E-state index contributed by atoms with van der Waals surface area (Å²) in [5.74, 6) is 1.46. The van der Waals surface area contributed by atoms with Gasteiger partial charge in [-0.1, -0.05) is 30.3 Å². The van der Waals surface area contributed by atoms with E-state index in [0.29, 0.717) is 11.6 Å². The molecule has 25 heavy (non-hydrogen) atoms. The molecule has 0 saturated carbocycles. The minimum Gasteiger partial charge on any atom is -0.340 e. The maximum atomic E-state index is 12.4. The molecular formula is C19H21N5O. The van der Waals surface area contributed by atoms with Crippen molar-refractivity contribution < 1.29 is 4.79 Å². The van der Waals surface area contributed by atoms with Gasteiger partial charge in [-0.25, -0.2) is 9.97 Å². The van der Waals surface area contributed by atoms with E-state index in [1.54, 1.807) is 17.1 Å². The van der Waals surface area contributed by atoms with Gasteiger partial charge in [0.15, 0.2) is 0 Å². The molecule has 0 spiro atoms. The van der Waals surface area contributed by atoms with Gasteiger partial charge in [-0.3, -0.25) is 4.79 Å². The predicted molar refractivity (Wildman–Crippen MR) is 95.0 cm³/mol. The fraction of sp³-hybridized carbons (Fsp3) is 0.316. The Kier molecular flexibility index (Phi) is 3.87. The summed E-state index contributed by atoms with van der Waals surface area (Å²) in [6.45, 7) is 4.49. The molecule has 1 fully saturated rings. The zero-order valence-electron chi connectivity index (χ0n) is 14.5. The first-order chi connectivity index (χ1) is 12.1. The number of aryl methyl sites for hydroxylation is 2. The van der Waals surface area contributed by atoms with Crippen LogP contribution in [0.4, 0.5) is 0 Å². The summed E-state index contributed by atoms with van der Waals surface area (Å²) in [4.78, 5) is 23.0. The third-order valence-corrected chi connectivity index (χ3v) is 4.70. The topological polar surface area (TPSA) is 56.0 Å². The van der Waals surface area contributed by atoms with Gasteiger partial charge >= 0.3 is 0 Å². The number of carbonyl (C=O) groups is 1. The highest BCUT2D eigenvalue weighted by Crippen LogP contribution is 2.25. The Balaban J connectivity index is 1.43. The summed E-state index contributed by atoms with van der Waals surface area (Å²) < 4.78 is 4.05. The summed E-state index contributed by atoms with van der Waals surface area (Å²) in [7, 11) is 1.87. The summed E-state index contributed by atoms with van der Waals surface area (Å²) in [5.41, 5.74) is 2.79. The Bertz CT molecular complexity index is 890. The molecule has 0 radical (unpaired) electrons. The van der Waals surface area contributed by atoms with E-state index in [2.05, 4.69) is 33.6 Å². The number of imidazole rings is 2. The van der Waals surface area contributed by atoms with Crippen LogP contribution in [0.3, 0.4) is 0 Å².